The van der Waals surface area contributed by atoms with Gasteiger partial charge in [0, 0.05) is 11.1 Å². The fourth-order valence-electron chi connectivity index (χ4n) is 2.35. The number of aromatic amines is 1. The summed E-state index contributed by atoms with van der Waals surface area (Å²) in [6.45, 7) is 1.85. The minimum atomic E-state index is -4.38. The van der Waals surface area contributed by atoms with E-state index in [1.54, 1.807) is 12.1 Å². The summed E-state index contributed by atoms with van der Waals surface area (Å²) in [6.07, 6.45) is -4.38. The summed E-state index contributed by atoms with van der Waals surface area (Å²) in [5, 5.41) is 9.84. The molecule has 2 aromatic carbocycles. The lowest BCUT2D eigenvalue weighted by molar-refractivity contribution is -0.137. The highest BCUT2D eigenvalue weighted by Crippen LogP contribution is 2.34. The molecule has 1 aromatic heterocycles. The molecule has 116 valence electrons. The molecule has 0 atom stereocenters. The Hall–Kier alpha value is -2.94. The topological polar surface area (TPSA) is 48.8 Å². The Morgan fingerprint density at radius 3 is 2.39 bits per heavy atom. The molecule has 0 saturated carbocycles. The molecule has 0 aliphatic heterocycles. The van der Waals surface area contributed by atoms with Crippen LogP contribution in [0.2, 0.25) is 0 Å². The maximum Gasteiger partial charge on any atom is 0.416 e. The van der Waals surface area contributed by atoms with Crippen molar-refractivity contribution in [1.29, 1.82) is 5.26 Å². The Bertz CT molecular complexity index is 902. The van der Waals surface area contributed by atoms with Crippen molar-refractivity contribution < 1.29 is 17.9 Å². The third kappa shape index (κ3) is 2.86. The van der Waals surface area contributed by atoms with E-state index >= 15 is 0 Å². The predicted molar refractivity (Wildman–Crippen MR) is 79.3 cm³/mol. The molecular formula is C17H11F3N2O. The van der Waals surface area contributed by atoms with E-state index in [2.05, 4.69) is 11.1 Å². The van der Waals surface area contributed by atoms with Gasteiger partial charge in [-0.1, -0.05) is 0 Å². The van der Waals surface area contributed by atoms with Gasteiger partial charge in [0.15, 0.2) is 5.75 Å². The van der Waals surface area contributed by atoms with Gasteiger partial charge in [-0.3, -0.25) is 0 Å². The summed E-state index contributed by atoms with van der Waals surface area (Å²) in [5.41, 5.74) is 1.27. The molecular weight excluding hydrogens is 305 g/mol. The summed E-state index contributed by atoms with van der Waals surface area (Å²) >= 11 is 0. The number of H-pyrrole nitrogens is 1. The lowest BCUT2D eigenvalue weighted by Crippen LogP contribution is -2.04. The van der Waals surface area contributed by atoms with Gasteiger partial charge in [0.25, 0.3) is 0 Å². The maximum absolute atomic E-state index is 12.6. The molecule has 23 heavy (non-hydrogen) atoms. The number of nitrogens with zero attached hydrogens (tertiary/aromatic N) is 1. The largest absolute Gasteiger partial charge is 0.455 e. The minimum absolute atomic E-state index is 0.288. The van der Waals surface area contributed by atoms with Crippen molar-refractivity contribution in [1.82, 2.24) is 4.98 Å². The molecule has 0 amide bonds. The number of benzene rings is 2. The van der Waals surface area contributed by atoms with E-state index in [1.165, 1.54) is 12.1 Å². The van der Waals surface area contributed by atoms with Crippen molar-refractivity contribution in [3.8, 4) is 17.6 Å². The van der Waals surface area contributed by atoms with E-state index < -0.39 is 11.7 Å². The van der Waals surface area contributed by atoms with Crippen molar-refractivity contribution in [3.63, 3.8) is 0 Å². The summed E-state index contributed by atoms with van der Waals surface area (Å²) in [6, 6.07) is 11.6. The fourth-order valence-corrected chi connectivity index (χ4v) is 2.35. The zero-order valence-corrected chi connectivity index (χ0v) is 12.0. The molecule has 3 rings (SSSR count). The van der Waals surface area contributed by atoms with Gasteiger partial charge in [-0.2, -0.15) is 18.4 Å². The number of aryl methyl sites for hydroxylation is 1. The molecule has 1 heterocycles. The van der Waals surface area contributed by atoms with Crippen molar-refractivity contribution in [2.45, 2.75) is 13.1 Å². The third-order valence-electron chi connectivity index (χ3n) is 3.42. The third-order valence-corrected chi connectivity index (χ3v) is 3.42. The monoisotopic (exact) mass is 316 g/mol. The first kappa shape index (κ1) is 15.0. The average molecular weight is 316 g/mol. The number of hydrogen-bond donors (Lipinski definition) is 1. The van der Waals surface area contributed by atoms with Gasteiger partial charge in [0.2, 0.25) is 0 Å². The molecule has 0 aliphatic carbocycles. The lowest BCUT2D eigenvalue weighted by Gasteiger charge is -2.10. The van der Waals surface area contributed by atoms with Gasteiger partial charge in [-0.25, -0.2) is 0 Å². The van der Waals surface area contributed by atoms with Gasteiger partial charge in [-0.05, 0) is 49.4 Å². The first-order valence-corrected chi connectivity index (χ1v) is 6.76. The highest BCUT2D eigenvalue weighted by Gasteiger charge is 2.30. The van der Waals surface area contributed by atoms with Gasteiger partial charge in [0.1, 0.15) is 5.75 Å². The number of ether oxygens (including phenoxy) is 1. The summed E-state index contributed by atoms with van der Waals surface area (Å²) < 4.78 is 43.4. The van der Waals surface area contributed by atoms with Crippen LogP contribution in [0.3, 0.4) is 0 Å². The maximum atomic E-state index is 12.6. The number of rotatable bonds is 2. The van der Waals surface area contributed by atoms with Gasteiger partial charge < -0.3 is 9.72 Å². The van der Waals surface area contributed by atoms with E-state index in [9.17, 15) is 13.2 Å². The van der Waals surface area contributed by atoms with Crippen LogP contribution < -0.4 is 4.74 Å². The van der Waals surface area contributed by atoms with Gasteiger partial charge >= 0.3 is 6.18 Å². The standard InChI is InChI=1S/C17H11F3N2O/c1-10-8-14-11(9-21)2-7-15(16(14)22-10)23-13-5-3-12(4-6-13)17(18,19)20/h2-8,22H,1H3. The van der Waals surface area contributed by atoms with Crippen LogP contribution in [0.5, 0.6) is 11.5 Å². The van der Waals surface area contributed by atoms with Gasteiger partial charge in [-0.15, -0.1) is 0 Å². The molecule has 3 nitrogen and oxygen atoms in total. The van der Waals surface area contributed by atoms with E-state index in [0.29, 0.717) is 16.8 Å². The van der Waals surface area contributed by atoms with Crippen LogP contribution in [0.1, 0.15) is 16.8 Å². The van der Waals surface area contributed by atoms with Crippen molar-refractivity contribution >= 4 is 10.9 Å². The van der Waals surface area contributed by atoms with E-state index in [1.807, 2.05) is 13.0 Å². The molecule has 6 heteroatoms. The van der Waals surface area contributed by atoms with Crippen molar-refractivity contribution in [3.05, 3.63) is 59.3 Å². The molecule has 0 radical (unpaired) electrons. The Morgan fingerprint density at radius 2 is 1.78 bits per heavy atom. The molecule has 0 spiro atoms. The van der Waals surface area contributed by atoms with E-state index in [-0.39, 0.29) is 5.75 Å². The Balaban J connectivity index is 1.98. The van der Waals surface area contributed by atoms with E-state index in [0.717, 1.165) is 23.2 Å². The number of nitriles is 1. The predicted octanol–water partition coefficient (Wildman–Crippen LogP) is 5.16. The first-order valence-electron chi connectivity index (χ1n) is 6.76. The molecule has 3 aromatic rings. The fraction of sp³-hybridized carbons (Fsp3) is 0.118. The van der Waals surface area contributed by atoms with Crippen molar-refractivity contribution in [2.24, 2.45) is 0 Å². The van der Waals surface area contributed by atoms with Gasteiger partial charge in [0.05, 0.1) is 22.7 Å². The smallest absolute Gasteiger partial charge is 0.416 e. The normalized spacial score (nSPS) is 11.4. The SMILES string of the molecule is Cc1cc2c(C#N)ccc(Oc3ccc(C(F)(F)F)cc3)c2[nH]1. The number of fused-ring (bicyclic) bond motifs is 1. The quantitative estimate of drug-likeness (QED) is 0.710. The van der Waals surface area contributed by atoms with Crippen molar-refractivity contribution in [2.75, 3.05) is 0 Å². The second kappa shape index (κ2) is 5.36. The van der Waals surface area contributed by atoms with Crippen LogP contribution in [-0.4, -0.2) is 4.98 Å². The lowest BCUT2D eigenvalue weighted by atomic mass is 10.1. The number of halogens is 3. The second-order valence-electron chi connectivity index (χ2n) is 5.09. The summed E-state index contributed by atoms with van der Waals surface area (Å²) in [7, 11) is 0. The molecule has 0 unspecified atom stereocenters. The van der Waals surface area contributed by atoms with Crippen LogP contribution in [0.25, 0.3) is 10.9 Å². The zero-order valence-electron chi connectivity index (χ0n) is 12.0. The minimum Gasteiger partial charge on any atom is -0.455 e. The molecule has 0 aliphatic rings. The molecule has 0 saturated heterocycles. The average Bonchev–Trinajstić information content (AvgIpc) is 2.89. The highest BCUT2D eigenvalue weighted by atomic mass is 19.4. The molecule has 0 fully saturated rings. The summed E-state index contributed by atoms with van der Waals surface area (Å²) in [5.74, 6) is 0.739. The number of nitrogens with one attached hydrogen (secondary N) is 1. The van der Waals surface area contributed by atoms with Crippen LogP contribution >= 0.6 is 0 Å². The second-order valence-corrected chi connectivity index (χ2v) is 5.09. The van der Waals surface area contributed by atoms with Crippen LogP contribution in [0.15, 0.2) is 42.5 Å². The summed E-state index contributed by atoms with van der Waals surface area (Å²) in [4.78, 5) is 3.10. The van der Waals surface area contributed by atoms with Crippen LogP contribution in [0, 0.1) is 18.3 Å². The Kier molecular flexibility index (Phi) is 3.49. The van der Waals surface area contributed by atoms with Crippen LogP contribution in [0.4, 0.5) is 13.2 Å². The Morgan fingerprint density at radius 1 is 1.09 bits per heavy atom. The molecule has 0 bridgehead atoms. The Labute approximate surface area is 129 Å². The number of hydrogen-bond acceptors (Lipinski definition) is 2. The number of aromatic nitrogens is 1. The van der Waals surface area contributed by atoms with E-state index in [4.69, 9.17) is 10.00 Å². The zero-order chi connectivity index (χ0) is 16.6. The van der Waals surface area contributed by atoms with Crippen LogP contribution in [-0.2, 0) is 6.18 Å². The first-order chi connectivity index (χ1) is 10.9. The molecule has 1 N–H and O–H groups in total. The number of alkyl halides is 3. The highest BCUT2D eigenvalue weighted by molar-refractivity contribution is 5.91.